The number of rotatable bonds is 2. The first kappa shape index (κ1) is 14.3. The Morgan fingerprint density at radius 2 is 1.91 bits per heavy atom. The second kappa shape index (κ2) is 5.69. The molecule has 2 nitrogen and oxygen atoms in total. The summed E-state index contributed by atoms with van der Waals surface area (Å²) in [5.74, 6) is 1.10. The molecule has 1 aromatic carbocycles. The molecule has 0 amide bonds. The molecule has 2 unspecified atom stereocenters. The zero-order valence-corrected chi connectivity index (χ0v) is 13.7. The lowest BCUT2D eigenvalue weighted by Crippen LogP contribution is -2.29. The summed E-state index contributed by atoms with van der Waals surface area (Å²) < 4.78 is 0. The van der Waals surface area contributed by atoms with E-state index in [4.69, 9.17) is 0 Å². The maximum absolute atomic E-state index is 4.60. The molecular weight excluding hydrogens is 280 g/mol. The average Bonchev–Trinajstić information content (AvgIpc) is 2.98. The number of allylic oxidation sites excluding steroid dienone is 4. The fourth-order valence-corrected chi connectivity index (χ4v) is 3.64. The van der Waals surface area contributed by atoms with Crippen molar-refractivity contribution in [3.05, 3.63) is 64.3 Å². The van der Waals surface area contributed by atoms with Gasteiger partial charge in [-0.05, 0) is 41.4 Å². The number of aromatic amines is 1. The van der Waals surface area contributed by atoms with Gasteiger partial charge in [-0.3, -0.25) is 5.10 Å². The van der Waals surface area contributed by atoms with Crippen molar-refractivity contribution in [1.82, 2.24) is 10.2 Å². The smallest absolute Gasteiger partial charge is 0.0956 e. The van der Waals surface area contributed by atoms with E-state index in [0.717, 1.165) is 18.5 Å². The molecule has 1 N–H and O–H groups in total. The number of fused-ring (bicyclic) bond motifs is 1. The highest BCUT2D eigenvalue weighted by atomic mass is 15.1. The van der Waals surface area contributed by atoms with Crippen LogP contribution in [-0.4, -0.2) is 10.2 Å². The molecular formula is C21H22N2. The molecule has 2 aliphatic rings. The van der Waals surface area contributed by atoms with E-state index in [1.165, 1.54) is 27.3 Å². The van der Waals surface area contributed by atoms with Crippen LogP contribution in [0.3, 0.4) is 0 Å². The SMILES string of the molecule is CC1C=c2c(C3=CC=C(c4ccccc4)C(C)C3)n[nH]c2=CC1. The van der Waals surface area contributed by atoms with E-state index in [-0.39, 0.29) is 0 Å². The lowest BCUT2D eigenvalue weighted by molar-refractivity contribution is 0.766. The summed E-state index contributed by atoms with van der Waals surface area (Å²) in [6.07, 6.45) is 11.3. The van der Waals surface area contributed by atoms with Crippen molar-refractivity contribution in [2.45, 2.75) is 26.7 Å². The highest BCUT2D eigenvalue weighted by molar-refractivity contribution is 5.78. The van der Waals surface area contributed by atoms with E-state index in [0.29, 0.717) is 11.8 Å². The molecule has 0 spiro atoms. The van der Waals surface area contributed by atoms with Crippen LogP contribution in [0, 0.1) is 11.8 Å². The number of nitrogens with one attached hydrogen (secondary N) is 1. The molecule has 116 valence electrons. The van der Waals surface area contributed by atoms with Crippen LogP contribution < -0.4 is 10.6 Å². The second-order valence-electron chi connectivity index (χ2n) is 6.77. The molecule has 0 saturated carbocycles. The van der Waals surface area contributed by atoms with Gasteiger partial charge in [0.1, 0.15) is 0 Å². The van der Waals surface area contributed by atoms with E-state index < -0.39 is 0 Å². The van der Waals surface area contributed by atoms with Crippen molar-refractivity contribution >= 4 is 23.3 Å². The van der Waals surface area contributed by atoms with E-state index in [2.05, 4.69) is 78.7 Å². The van der Waals surface area contributed by atoms with Gasteiger partial charge in [-0.15, -0.1) is 0 Å². The van der Waals surface area contributed by atoms with Gasteiger partial charge in [0.05, 0.1) is 11.0 Å². The minimum Gasteiger partial charge on any atom is -0.278 e. The number of H-pyrrole nitrogens is 1. The van der Waals surface area contributed by atoms with Crippen molar-refractivity contribution in [3.8, 4) is 0 Å². The van der Waals surface area contributed by atoms with Crippen LogP contribution in [0.15, 0.2) is 42.5 Å². The van der Waals surface area contributed by atoms with Gasteiger partial charge in [0.2, 0.25) is 0 Å². The Hall–Kier alpha value is -2.35. The maximum Gasteiger partial charge on any atom is 0.0956 e. The van der Waals surface area contributed by atoms with Crippen LogP contribution in [0.2, 0.25) is 0 Å². The first-order chi connectivity index (χ1) is 11.2. The number of aromatic nitrogens is 2. The third kappa shape index (κ3) is 2.59. The van der Waals surface area contributed by atoms with E-state index in [1.54, 1.807) is 0 Å². The van der Waals surface area contributed by atoms with Crippen molar-refractivity contribution in [1.29, 1.82) is 0 Å². The standard InChI is InChI=1S/C21H22N2/c1-14-8-11-20-19(12-14)21(23-22-20)17-9-10-18(15(2)13-17)16-6-4-3-5-7-16/h3-7,9-12,14-15,22H,8,13H2,1-2H3. The zero-order valence-electron chi connectivity index (χ0n) is 13.7. The van der Waals surface area contributed by atoms with Crippen LogP contribution in [-0.2, 0) is 0 Å². The van der Waals surface area contributed by atoms with Gasteiger partial charge in [0, 0.05) is 5.22 Å². The lowest BCUT2D eigenvalue weighted by Gasteiger charge is -2.21. The first-order valence-electron chi connectivity index (χ1n) is 8.45. The quantitative estimate of drug-likeness (QED) is 0.903. The van der Waals surface area contributed by atoms with E-state index in [9.17, 15) is 0 Å². The monoisotopic (exact) mass is 302 g/mol. The number of hydrogen-bond acceptors (Lipinski definition) is 1. The molecule has 23 heavy (non-hydrogen) atoms. The van der Waals surface area contributed by atoms with Gasteiger partial charge in [-0.2, -0.15) is 5.10 Å². The summed E-state index contributed by atoms with van der Waals surface area (Å²) in [4.78, 5) is 0. The fourth-order valence-electron chi connectivity index (χ4n) is 3.64. The van der Waals surface area contributed by atoms with Gasteiger partial charge in [-0.25, -0.2) is 0 Å². The lowest BCUT2D eigenvalue weighted by atomic mass is 9.83. The Morgan fingerprint density at radius 3 is 2.70 bits per heavy atom. The third-order valence-electron chi connectivity index (χ3n) is 4.91. The molecule has 2 heteroatoms. The summed E-state index contributed by atoms with van der Waals surface area (Å²) in [6.45, 7) is 4.57. The molecule has 0 fully saturated rings. The molecule has 4 rings (SSSR count). The average molecular weight is 302 g/mol. The van der Waals surface area contributed by atoms with E-state index in [1.807, 2.05) is 0 Å². The van der Waals surface area contributed by atoms with Crippen LogP contribution in [0.1, 0.15) is 37.9 Å². The summed E-state index contributed by atoms with van der Waals surface area (Å²) in [6, 6.07) is 10.7. The molecule has 0 saturated heterocycles. The summed E-state index contributed by atoms with van der Waals surface area (Å²) in [5.41, 5.74) is 5.22. The molecule has 2 aliphatic carbocycles. The summed E-state index contributed by atoms with van der Waals surface area (Å²) in [7, 11) is 0. The minimum absolute atomic E-state index is 0.509. The first-order valence-corrected chi connectivity index (χ1v) is 8.45. The Balaban J connectivity index is 1.76. The molecule has 2 aromatic rings. The van der Waals surface area contributed by atoms with Gasteiger partial charge in [0.15, 0.2) is 0 Å². The predicted octanol–water partition coefficient (Wildman–Crippen LogP) is 3.52. The molecule has 1 heterocycles. The van der Waals surface area contributed by atoms with Gasteiger partial charge < -0.3 is 0 Å². The molecule has 0 bridgehead atoms. The van der Waals surface area contributed by atoms with Gasteiger partial charge in [-0.1, -0.05) is 68.5 Å². The van der Waals surface area contributed by atoms with Gasteiger partial charge in [0.25, 0.3) is 0 Å². The van der Waals surface area contributed by atoms with Crippen molar-refractivity contribution < 1.29 is 0 Å². The number of nitrogens with zero attached hydrogens (tertiary/aromatic N) is 1. The highest BCUT2D eigenvalue weighted by Gasteiger charge is 2.20. The minimum atomic E-state index is 0.509. The largest absolute Gasteiger partial charge is 0.278 e. The number of benzene rings is 1. The van der Waals surface area contributed by atoms with Crippen molar-refractivity contribution in [2.24, 2.45) is 11.8 Å². The highest BCUT2D eigenvalue weighted by Crippen LogP contribution is 2.34. The maximum atomic E-state index is 4.60. The zero-order chi connectivity index (χ0) is 15.8. The van der Waals surface area contributed by atoms with Crippen LogP contribution in [0.4, 0.5) is 0 Å². The van der Waals surface area contributed by atoms with Crippen LogP contribution in [0.25, 0.3) is 23.3 Å². The van der Waals surface area contributed by atoms with Crippen LogP contribution >= 0.6 is 0 Å². The summed E-state index contributed by atoms with van der Waals surface area (Å²) in [5, 5.41) is 10.3. The fraction of sp³-hybridized carbons (Fsp3) is 0.286. The Bertz CT molecular complexity index is 897. The van der Waals surface area contributed by atoms with Crippen LogP contribution in [0.5, 0.6) is 0 Å². The third-order valence-corrected chi connectivity index (χ3v) is 4.91. The molecule has 1 aromatic heterocycles. The second-order valence-corrected chi connectivity index (χ2v) is 6.77. The Morgan fingerprint density at radius 1 is 1.09 bits per heavy atom. The Labute approximate surface area is 136 Å². The predicted molar refractivity (Wildman–Crippen MR) is 96.7 cm³/mol. The molecule has 0 aliphatic heterocycles. The van der Waals surface area contributed by atoms with Crippen molar-refractivity contribution in [3.63, 3.8) is 0 Å². The normalized spacial score (nSPS) is 23.2. The number of hydrogen-bond donors (Lipinski definition) is 1. The topological polar surface area (TPSA) is 28.7 Å². The summed E-state index contributed by atoms with van der Waals surface area (Å²) >= 11 is 0. The Kier molecular flexibility index (Phi) is 3.53. The van der Waals surface area contributed by atoms with E-state index >= 15 is 0 Å². The van der Waals surface area contributed by atoms with Gasteiger partial charge >= 0.3 is 0 Å². The molecule has 2 atom stereocenters. The molecule has 0 radical (unpaired) electrons. The van der Waals surface area contributed by atoms with Crippen molar-refractivity contribution in [2.75, 3.05) is 0 Å².